The van der Waals surface area contributed by atoms with Crippen LogP contribution in [0.4, 0.5) is 38.7 Å². The molecule has 2 aliphatic rings. The number of benzene rings is 1. The molecule has 2 amide bonds. The van der Waals surface area contributed by atoms with E-state index < -0.39 is 52.9 Å². The molecule has 0 radical (unpaired) electrons. The van der Waals surface area contributed by atoms with E-state index in [2.05, 4.69) is 25.4 Å². The van der Waals surface area contributed by atoms with Crippen LogP contribution in [-0.2, 0) is 10.7 Å². The first-order chi connectivity index (χ1) is 22.9. The van der Waals surface area contributed by atoms with Crippen molar-refractivity contribution >= 4 is 24.0 Å². The quantitative estimate of drug-likeness (QED) is 0.242. The maximum atomic E-state index is 14.9. The smallest absolute Gasteiger partial charge is 0.407 e. The zero-order valence-corrected chi connectivity index (χ0v) is 28.0. The zero-order valence-electron chi connectivity index (χ0n) is 28.0. The Morgan fingerprint density at radius 1 is 0.980 bits per heavy atom. The molecule has 266 valence electrons. The number of amides is 2. The van der Waals surface area contributed by atoms with Crippen LogP contribution < -0.4 is 15.1 Å². The highest BCUT2D eigenvalue weighted by molar-refractivity contribution is 5.94. The van der Waals surface area contributed by atoms with Crippen molar-refractivity contribution in [2.24, 2.45) is 0 Å². The van der Waals surface area contributed by atoms with Crippen LogP contribution in [0, 0.1) is 17.5 Å². The summed E-state index contributed by atoms with van der Waals surface area (Å²) in [5.74, 6) is -8.38. The first kappa shape index (κ1) is 35.7. The van der Waals surface area contributed by atoms with Crippen molar-refractivity contribution in [1.82, 2.24) is 30.3 Å². The molecule has 5 rings (SSSR count). The van der Waals surface area contributed by atoms with Gasteiger partial charge in [0.15, 0.2) is 11.6 Å². The van der Waals surface area contributed by atoms with Crippen LogP contribution in [0.5, 0.6) is 0 Å². The second-order valence-electron chi connectivity index (χ2n) is 13.6. The van der Waals surface area contributed by atoms with Crippen molar-refractivity contribution in [1.29, 1.82) is 0 Å². The molecular formula is C32H39F5N8O4. The van der Waals surface area contributed by atoms with Gasteiger partial charge in [-0.2, -0.15) is 13.8 Å². The van der Waals surface area contributed by atoms with Crippen LogP contribution >= 0.6 is 0 Å². The summed E-state index contributed by atoms with van der Waals surface area (Å²) in [4.78, 5) is 44.1. The highest BCUT2D eigenvalue weighted by Gasteiger charge is 2.40. The number of piperidine rings is 1. The van der Waals surface area contributed by atoms with Gasteiger partial charge in [0.25, 0.3) is 5.91 Å². The molecular weight excluding hydrogens is 655 g/mol. The first-order valence-corrected chi connectivity index (χ1v) is 15.9. The van der Waals surface area contributed by atoms with Gasteiger partial charge < -0.3 is 29.3 Å². The fourth-order valence-corrected chi connectivity index (χ4v) is 6.13. The van der Waals surface area contributed by atoms with Gasteiger partial charge in [-0.1, -0.05) is 5.16 Å². The SMILES string of the molecule is CC(C)N(C(=O)c1cnc(N2CC(NC(=O)OC(C)(C)C)C(c3cc(F)c(F)cc3F)C2)nc1)C1CCN(c2nc(C(C)(F)F)no2)CC1. The number of hydrogen-bond donors (Lipinski definition) is 1. The molecule has 2 saturated heterocycles. The maximum Gasteiger partial charge on any atom is 0.407 e. The Hall–Kier alpha value is -4.57. The summed E-state index contributed by atoms with van der Waals surface area (Å²) in [5.41, 5.74) is -0.724. The number of nitrogens with zero attached hydrogens (tertiary/aromatic N) is 7. The molecule has 0 saturated carbocycles. The number of halogens is 5. The van der Waals surface area contributed by atoms with Crippen LogP contribution in [0.3, 0.4) is 0 Å². The van der Waals surface area contributed by atoms with Gasteiger partial charge in [-0.15, -0.1) is 0 Å². The summed E-state index contributed by atoms with van der Waals surface area (Å²) in [5, 5.41) is 6.09. The number of hydrogen-bond acceptors (Lipinski definition) is 10. The number of carbonyl (C=O) groups is 2. The summed E-state index contributed by atoms with van der Waals surface area (Å²) >= 11 is 0. The van der Waals surface area contributed by atoms with Crippen molar-refractivity contribution in [3.05, 3.63) is 58.9 Å². The number of aromatic nitrogens is 4. The maximum absolute atomic E-state index is 14.9. The van der Waals surface area contributed by atoms with E-state index in [0.717, 1.165) is 6.07 Å². The summed E-state index contributed by atoms with van der Waals surface area (Å²) in [6, 6.07) is 0.0955. The van der Waals surface area contributed by atoms with Gasteiger partial charge in [0.05, 0.1) is 11.6 Å². The van der Waals surface area contributed by atoms with Gasteiger partial charge in [0, 0.05) is 69.6 Å². The highest BCUT2D eigenvalue weighted by atomic mass is 19.3. The van der Waals surface area contributed by atoms with E-state index in [1.165, 1.54) is 12.4 Å². The molecule has 12 nitrogen and oxygen atoms in total. The minimum absolute atomic E-state index is 0.00127. The number of nitrogens with one attached hydrogen (secondary N) is 1. The Kier molecular flexibility index (Phi) is 10.0. The van der Waals surface area contributed by atoms with Crippen molar-refractivity contribution in [2.45, 2.75) is 90.0 Å². The fourth-order valence-electron chi connectivity index (χ4n) is 6.13. The largest absolute Gasteiger partial charge is 0.444 e. The lowest BCUT2D eigenvalue weighted by Crippen LogP contribution is -2.50. The Labute approximate surface area is 280 Å². The number of rotatable bonds is 8. The van der Waals surface area contributed by atoms with Gasteiger partial charge in [-0.3, -0.25) is 4.79 Å². The van der Waals surface area contributed by atoms with E-state index >= 15 is 0 Å². The molecule has 0 spiro atoms. The van der Waals surface area contributed by atoms with Crippen LogP contribution in [0.1, 0.15) is 82.0 Å². The molecule has 2 fully saturated rings. The van der Waals surface area contributed by atoms with E-state index in [-0.39, 0.29) is 54.2 Å². The summed E-state index contributed by atoms with van der Waals surface area (Å²) < 4.78 is 80.4. The number of anilines is 2. The van der Waals surface area contributed by atoms with Crippen molar-refractivity contribution < 1.29 is 40.8 Å². The molecule has 2 atom stereocenters. The minimum Gasteiger partial charge on any atom is -0.444 e. The van der Waals surface area contributed by atoms with Gasteiger partial charge >= 0.3 is 18.0 Å². The van der Waals surface area contributed by atoms with Crippen molar-refractivity contribution in [3.63, 3.8) is 0 Å². The van der Waals surface area contributed by atoms with Gasteiger partial charge in [-0.25, -0.2) is 27.9 Å². The zero-order chi connectivity index (χ0) is 35.8. The first-order valence-electron chi connectivity index (χ1n) is 15.9. The molecule has 0 bridgehead atoms. The Balaban J connectivity index is 1.29. The number of ether oxygens (including phenoxy) is 1. The Bertz CT molecular complexity index is 1650. The third kappa shape index (κ3) is 8.19. The lowest BCUT2D eigenvalue weighted by molar-refractivity contribution is 0.00556. The fraction of sp³-hybridized carbons (Fsp3) is 0.562. The van der Waals surface area contributed by atoms with Gasteiger partial charge in [0.2, 0.25) is 11.8 Å². The van der Waals surface area contributed by atoms with Gasteiger partial charge in [-0.05, 0) is 59.1 Å². The lowest BCUT2D eigenvalue weighted by Gasteiger charge is -2.40. The van der Waals surface area contributed by atoms with Crippen molar-refractivity contribution in [3.8, 4) is 0 Å². The molecule has 17 heteroatoms. The minimum atomic E-state index is -3.23. The van der Waals surface area contributed by atoms with Gasteiger partial charge in [0.1, 0.15) is 11.4 Å². The van der Waals surface area contributed by atoms with E-state index in [9.17, 15) is 31.5 Å². The molecule has 3 aromatic rings. The molecule has 4 heterocycles. The number of alkyl halides is 2. The molecule has 49 heavy (non-hydrogen) atoms. The Morgan fingerprint density at radius 2 is 1.61 bits per heavy atom. The van der Waals surface area contributed by atoms with Crippen LogP contribution in [0.2, 0.25) is 0 Å². The normalized spacial score (nSPS) is 19.0. The van der Waals surface area contributed by atoms with E-state index in [1.807, 2.05) is 13.8 Å². The average Bonchev–Trinajstić information content (AvgIpc) is 3.67. The predicted octanol–water partition coefficient (Wildman–Crippen LogP) is 5.41. The second kappa shape index (κ2) is 13.7. The second-order valence-corrected chi connectivity index (χ2v) is 13.6. The third-order valence-electron chi connectivity index (χ3n) is 8.36. The van der Waals surface area contributed by atoms with Crippen LogP contribution in [0.15, 0.2) is 29.0 Å². The molecule has 2 aromatic heterocycles. The monoisotopic (exact) mass is 694 g/mol. The van der Waals surface area contributed by atoms with E-state index in [4.69, 9.17) is 9.26 Å². The number of carbonyl (C=O) groups excluding carboxylic acids is 2. The molecule has 0 aliphatic carbocycles. The molecule has 1 N–H and O–H groups in total. The predicted molar refractivity (Wildman–Crippen MR) is 167 cm³/mol. The highest BCUT2D eigenvalue weighted by Crippen LogP contribution is 2.33. The average molecular weight is 695 g/mol. The molecule has 2 aliphatic heterocycles. The topological polar surface area (TPSA) is 130 Å². The van der Waals surface area contributed by atoms with Crippen molar-refractivity contribution in [2.75, 3.05) is 36.0 Å². The lowest BCUT2D eigenvalue weighted by atomic mass is 9.93. The van der Waals surface area contributed by atoms with Crippen LogP contribution in [-0.4, -0.2) is 86.9 Å². The summed E-state index contributed by atoms with van der Waals surface area (Å²) in [7, 11) is 0. The van der Waals surface area contributed by atoms with E-state index in [1.54, 1.807) is 35.5 Å². The molecule has 2 unspecified atom stereocenters. The Morgan fingerprint density at radius 3 is 2.18 bits per heavy atom. The summed E-state index contributed by atoms with van der Waals surface area (Å²) in [6.07, 6.45) is 3.03. The van der Waals surface area contributed by atoms with Crippen LogP contribution in [0.25, 0.3) is 0 Å². The standard InChI is InChI=1S/C32H39F5N8O4/c1-17(2)45(19-7-9-43(10-8-19)29-41-27(42-49-29)32(6,36)37)26(46)18-13-38-28(39-14-18)44-15-21(20-11-23(34)24(35)12-22(20)33)25(16-44)40-30(47)48-31(3,4)5/h11-14,17,19,21,25H,7-10,15-16H2,1-6H3,(H,40,47). The molecule has 1 aromatic carbocycles. The number of alkyl carbamates (subject to hydrolysis) is 1. The summed E-state index contributed by atoms with van der Waals surface area (Å²) in [6.45, 7) is 10.4. The van der Waals surface area contributed by atoms with E-state index in [0.29, 0.717) is 38.9 Å². The third-order valence-corrected chi connectivity index (χ3v) is 8.36.